The fourth-order valence-corrected chi connectivity index (χ4v) is 6.57. The van der Waals surface area contributed by atoms with Gasteiger partial charge < -0.3 is 10.1 Å². The molecule has 184 valence electrons. The van der Waals surface area contributed by atoms with Crippen LogP contribution in [0.1, 0.15) is 22.4 Å². The molecule has 0 radical (unpaired) electrons. The lowest BCUT2D eigenvalue weighted by molar-refractivity contribution is 0.0960. The molecule has 0 atom stereocenters. The summed E-state index contributed by atoms with van der Waals surface area (Å²) in [6.07, 6.45) is 0. The predicted octanol–water partition coefficient (Wildman–Crippen LogP) is 4.07. The minimum atomic E-state index is -3.76. The number of nitrogens with one attached hydrogen (secondary N) is 2. The molecule has 0 aliphatic heterocycles. The highest BCUT2D eigenvalue weighted by molar-refractivity contribution is 7.99. The number of methoxy groups -OCH3 is 1. The molecule has 0 aliphatic rings. The second kappa shape index (κ2) is 10.7. The van der Waals surface area contributed by atoms with Gasteiger partial charge in [0.25, 0.3) is 15.9 Å². The molecule has 0 fully saturated rings. The first-order valence-corrected chi connectivity index (χ1v) is 14.1. The molecule has 4 aromatic rings. The second-order valence-electron chi connectivity index (χ2n) is 7.49. The number of hydrogen-bond acceptors (Lipinski definition) is 8. The Balaban J connectivity index is 1.47. The molecule has 1 amide bonds. The SMILES string of the molecule is CCN(c1ccc2sc(C(=O)NCCSc3n[nH]c(C)n3)cc2c1)S(=O)(=O)c1ccc(OC)cc1. The van der Waals surface area contributed by atoms with E-state index in [0.29, 0.717) is 33.8 Å². The van der Waals surface area contributed by atoms with Crippen LogP contribution in [0.25, 0.3) is 10.1 Å². The van der Waals surface area contributed by atoms with Gasteiger partial charge in [-0.3, -0.25) is 14.2 Å². The Morgan fingerprint density at radius 1 is 1.20 bits per heavy atom. The van der Waals surface area contributed by atoms with Gasteiger partial charge in [-0.1, -0.05) is 11.8 Å². The van der Waals surface area contributed by atoms with Crippen LogP contribution in [0.5, 0.6) is 5.75 Å². The van der Waals surface area contributed by atoms with Gasteiger partial charge in [-0.25, -0.2) is 13.4 Å². The van der Waals surface area contributed by atoms with Crippen LogP contribution in [-0.2, 0) is 10.0 Å². The van der Waals surface area contributed by atoms with Crippen LogP contribution >= 0.6 is 23.1 Å². The number of anilines is 1. The maximum Gasteiger partial charge on any atom is 0.264 e. The Morgan fingerprint density at radius 2 is 1.97 bits per heavy atom. The summed E-state index contributed by atoms with van der Waals surface area (Å²) in [5, 5.41) is 11.2. The van der Waals surface area contributed by atoms with E-state index in [4.69, 9.17) is 4.74 Å². The monoisotopic (exact) mass is 531 g/mol. The molecule has 0 spiro atoms. The van der Waals surface area contributed by atoms with E-state index in [1.54, 1.807) is 37.3 Å². The van der Waals surface area contributed by atoms with Gasteiger partial charge >= 0.3 is 0 Å². The zero-order valence-electron chi connectivity index (χ0n) is 19.4. The highest BCUT2D eigenvalue weighted by atomic mass is 32.2. The summed E-state index contributed by atoms with van der Waals surface area (Å²) in [6.45, 7) is 4.36. The average Bonchev–Trinajstić information content (AvgIpc) is 3.47. The summed E-state index contributed by atoms with van der Waals surface area (Å²) >= 11 is 2.83. The van der Waals surface area contributed by atoms with Crippen molar-refractivity contribution < 1.29 is 17.9 Å². The van der Waals surface area contributed by atoms with Crippen LogP contribution < -0.4 is 14.4 Å². The number of ether oxygens (including phenoxy) is 1. The molecule has 2 heterocycles. The number of thiophene rings is 1. The maximum absolute atomic E-state index is 13.3. The number of benzene rings is 2. The molecule has 0 unspecified atom stereocenters. The number of carbonyl (C=O) groups excluding carboxylic acids is 1. The van der Waals surface area contributed by atoms with Gasteiger partial charge in [0.05, 0.1) is 22.6 Å². The number of aromatic nitrogens is 3. The molecular formula is C23H25N5O4S3. The Labute approximate surface area is 212 Å². The standard InChI is InChI=1S/C23H25N5O4S3/c1-4-28(35(30,31)19-8-6-18(32-3)7-9-19)17-5-10-20-16(13-17)14-21(34-20)22(29)24-11-12-33-23-25-15(2)26-27-23/h5-10,13-14H,4,11-12H2,1-3H3,(H,24,29)(H,25,26,27). The van der Waals surface area contributed by atoms with Gasteiger partial charge in [-0.05, 0) is 67.8 Å². The Kier molecular flexibility index (Phi) is 7.63. The number of H-pyrrole nitrogens is 1. The quantitative estimate of drug-likeness (QED) is 0.234. The summed E-state index contributed by atoms with van der Waals surface area (Å²) in [7, 11) is -2.22. The van der Waals surface area contributed by atoms with E-state index >= 15 is 0 Å². The first-order chi connectivity index (χ1) is 16.8. The van der Waals surface area contributed by atoms with Crippen molar-refractivity contribution in [3.8, 4) is 5.75 Å². The third-order valence-corrected chi connectivity index (χ3v) is 9.02. The van der Waals surface area contributed by atoms with Crippen molar-refractivity contribution in [1.29, 1.82) is 0 Å². The number of nitrogens with zero attached hydrogens (tertiary/aromatic N) is 3. The average molecular weight is 532 g/mol. The molecule has 4 rings (SSSR count). The molecule has 2 aromatic heterocycles. The predicted molar refractivity (Wildman–Crippen MR) is 139 cm³/mol. The Hall–Kier alpha value is -3.09. The van der Waals surface area contributed by atoms with Crippen molar-refractivity contribution in [3.63, 3.8) is 0 Å². The zero-order valence-corrected chi connectivity index (χ0v) is 21.9. The smallest absolute Gasteiger partial charge is 0.264 e. The van der Waals surface area contributed by atoms with Crippen molar-refractivity contribution in [3.05, 3.63) is 59.2 Å². The molecule has 0 saturated carbocycles. The van der Waals surface area contributed by atoms with Crippen molar-refractivity contribution in [1.82, 2.24) is 20.5 Å². The van der Waals surface area contributed by atoms with E-state index < -0.39 is 10.0 Å². The molecule has 9 nitrogen and oxygen atoms in total. The molecule has 12 heteroatoms. The molecule has 2 aromatic carbocycles. The minimum absolute atomic E-state index is 0.169. The number of aromatic amines is 1. The van der Waals surface area contributed by atoms with Gasteiger partial charge in [0.15, 0.2) is 0 Å². The van der Waals surface area contributed by atoms with Crippen molar-refractivity contribution >= 4 is 54.8 Å². The summed E-state index contributed by atoms with van der Waals surface area (Å²) < 4.78 is 33.9. The molecule has 0 aliphatic carbocycles. The third-order valence-electron chi connectivity index (χ3n) is 5.14. The fraction of sp³-hybridized carbons (Fsp3) is 0.261. The third kappa shape index (κ3) is 5.60. The van der Waals surface area contributed by atoms with Crippen molar-refractivity contribution in [2.75, 3.05) is 30.3 Å². The number of aryl methyl sites for hydroxylation is 1. The Morgan fingerprint density at radius 3 is 2.63 bits per heavy atom. The van der Waals surface area contributed by atoms with Crippen LogP contribution in [0.4, 0.5) is 5.69 Å². The molecule has 2 N–H and O–H groups in total. The Bertz CT molecular complexity index is 1430. The van der Waals surface area contributed by atoms with Crippen molar-refractivity contribution in [2.45, 2.75) is 23.9 Å². The zero-order chi connectivity index (χ0) is 25.0. The first kappa shape index (κ1) is 25.0. The molecule has 0 bridgehead atoms. The van der Waals surface area contributed by atoms with E-state index in [9.17, 15) is 13.2 Å². The van der Waals surface area contributed by atoms with Crippen LogP contribution in [0.15, 0.2) is 58.6 Å². The van der Waals surface area contributed by atoms with E-state index in [1.807, 2.05) is 13.0 Å². The van der Waals surface area contributed by atoms with Gasteiger partial charge in [0.2, 0.25) is 5.16 Å². The molecule has 0 saturated heterocycles. The van der Waals surface area contributed by atoms with Crippen LogP contribution in [0.2, 0.25) is 0 Å². The van der Waals surface area contributed by atoms with E-state index in [1.165, 1.54) is 46.6 Å². The number of fused-ring (bicyclic) bond motifs is 1. The summed E-state index contributed by atoms with van der Waals surface area (Å²) in [4.78, 5) is 17.6. The minimum Gasteiger partial charge on any atom is -0.497 e. The highest BCUT2D eigenvalue weighted by Gasteiger charge is 2.24. The number of hydrogen-bond donors (Lipinski definition) is 2. The molecular weight excluding hydrogens is 506 g/mol. The normalized spacial score (nSPS) is 11.5. The van der Waals surface area contributed by atoms with Gasteiger partial charge in [0, 0.05) is 23.5 Å². The van der Waals surface area contributed by atoms with E-state index in [0.717, 1.165) is 15.9 Å². The van der Waals surface area contributed by atoms with Gasteiger partial charge in [0.1, 0.15) is 11.6 Å². The lowest BCUT2D eigenvalue weighted by Gasteiger charge is -2.23. The number of sulfonamides is 1. The molecule has 35 heavy (non-hydrogen) atoms. The highest BCUT2D eigenvalue weighted by Crippen LogP contribution is 2.32. The number of amides is 1. The van der Waals surface area contributed by atoms with Gasteiger partial charge in [-0.15, -0.1) is 16.4 Å². The maximum atomic E-state index is 13.3. The summed E-state index contributed by atoms with van der Waals surface area (Å²) in [6, 6.07) is 13.5. The largest absolute Gasteiger partial charge is 0.497 e. The fourth-order valence-electron chi connectivity index (χ4n) is 3.44. The summed E-state index contributed by atoms with van der Waals surface area (Å²) in [5.74, 6) is 1.81. The number of thioether (sulfide) groups is 1. The van der Waals surface area contributed by atoms with E-state index in [2.05, 4.69) is 20.5 Å². The lowest BCUT2D eigenvalue weighted by Crippen LogP contribution is -2.30. The first-order valence-electron chi connectivity index (χ1n) is 10.8. The van der Waals surface area contributed by atoms with E-state index in [-0.39, 0.29) is 17.3 Å². The van der Waals surface area contributed by atoms with Gasteiger partial charge in [-0.2, -0.15) is 0 Å². The van der Waals surface area contributed by atoms with Crippen LogP contribution in [0.3, 0.4) is 0 Å². The summed E-state index contributed by atoms with van der Waals surface area (Å²) in [5.41, 5.74) is 0.541. The lowest BCUT2D eigenvalue weighted by atomic mass is 10.2. The number of carbonyl (C=O) groups is 1. The van der Waals surface area contributed by atoms with Crippen LogP contribution in [-0.4, -0.2) is 55.5 Å². The number of rotatable bonds is 10. The second-order valence-corrected chi connectivity index (χ2v) is 11.5. The van der Waals surface area contributed by atoms with Crippen molar-refractivity contribution in [2.24, 2.45) is 0 Å². The van der Waals surface area contributed by atoms with Crippen LogP contribution in [0, 0.1) is 6.92 Å². The topological polar surface area (TPSA) is 117 Å².